The molecular weight excluding hydrogens is 329 g/mol. The van der Waals surface area contributed by atoms with Gasteiger partial charge in [0.25, 0.3) is 0 Å². The van der Waals surface area contributed by atoms with Gasteiger partial charge in [-0.15, -0.1) is 11.3 Å². The summed E-state index contributed by atoms with van der Waals surface area (Å²) in [6, 6.07) is 6.53. The molecule has 0 aliphatic carbocycles. The van der Waals surface area contributed by atoms with Gasteiger partial charge in [0.05, 0.1) is 13.2 Å². The Bertz CT molecular complexity index is 680. The lowest BCUT2D eigenvalue weighted by Gasteiger charge is -2.32. The molecule has 0 radical (unpaired) electrons. The number of ether oxygens (including phenoxy) is 1. The number of morpholine rings is 1. The summed E-state index contributed by atoms with van der Waals surface area (Å²) in [5, 5.41) is 2.86. The molecule has 0 saturated carbocycles. The van der Waals surface area contributed by atoms with Gasteiger partial charge in [0.15, 0.2) is 0 Å². The Labute approximate surface area is 144 Å². The largest absolute Gasteiger partial charge is 0.368 e. The Morgan fingerprint density at radius 1 is 1.50 bits per heavy atom. The van der Waals surface area contributed by atoms with Gasteiger partial charge >= 0.3 is 0 Å². The molecule has 1 amide bonds. The number of carbonyl (C=O) groups excluding carboxylic acids is 1. The van der Waals surface area contributed by atoms with Crippen LogP contribution < -0.4 is 0 Å². The molecule has 1 unspecified atom stereocenters. The molecule has 3 rings (SSSR count). The number of hydrogen-bond acceptors (Lipinski definition) is 5. The van der Waals surface area contributed by atoms with Crippen LogP contribution in [0.3, 0.4) is 0 Å². The van der Waals surface area contributed by atoms with Crippen molar-refractivity contribution in [3.8, 4) is 0 Å². The van der Waals surface area contributed by atoms with E-state index in [0.29, 0.717) is 31.8 Å². The van der Waals surface area contributed by atoms with Crippen molar-refractivity contribution in [2.24, 2.45) is 0 Å². The molecular formula is C17H20FN3O2S. The summed E-state index contributed by atoms with van der Waals surface area (Å²) in [6.07, 6.45) is 1.68. The van der Waals surface area contributed by atoms with E-state index in [1.165, 1.54) is 6.07 Å². The molecule has 2 heterocycles. The quantitative estimate of drug-likeness (QED) is 0.831. The fraction of sp³-hybridized carbons (Fsp3) is 0.412. The minimum Gasteiger partial charge on any atom is -0.368 e. The van der Waals surface area contributed by atoms with E-state index in [4.69, 9.17) is 4.74 Å². The second-order valence-corrected chi connectivity index (χ2v) is 6.73. The fourth-order valence-electron chi connectivity index (χ4n) is 2.67. The minimum atomic E-state index is -0.285. The average molecular weight is 349 g/mol. The van der Waals surface area contributed by atoms with Gasteiger partial charge < -0.3 is 9.64 Å². The number of amides is 1. The molecule has 1 aromatic heterocycles. The molecule has 1 aromatic carbocycles. The van der Waals surface area contributed by atoms with E-state index in [9.17, 15) is 9.18 Å². The van der Waals surface area contributed by atoms with Crippen LogP contribution in [0.5, 0.6) is 0 Å². The van der Waals surface area contributed by atoms with Crippen LogP contribution in [-0.2, 0) is 16.1 Å². The van der Waals surface area contributed by atoms with E-state index in [1.54, 1.807) is 47.7 Å². The zero-order valence-corrected chi connectivity index (χ0v) is 14.3. The summed E-state index contributed by atoms with van der Waals surface area (Å²) in [5.74, 6) is -0.314. The second-order valence-electron chi connectivity index (χ2n) is 5.81. The third kappa shape index (κ3) is 4.17. The lowest BCUT2D eigenvalue weighted by atomic mass is 10.2. The van der Waals surface area contributed by atoms with Gasteiger partial charge in [-0.2, -0.15) is 0 Å². The summed E-state index contributed by atoms with van der Waals surface area (Å²) >= 11 is 1.56. The topological polar surface area (TPSA) is 45.7 Å². The van der Waals surface area contributed by atoms with Crippen LogP contribution in [-0.4, -0.2) is 54.0 Å². The predicted octanol–water partition coefficient (Wildman–Crippen LogP) is 2.31. The molecule has 1 aliphatic heterocycles. The van der Waals surface area contributed by atoms with Gasteiger partial charge in [-0.1, -0.05) is 18.2 Å². The first-order valence-electron chi connectivity index (χ1n) is 7.84. The minimum absolute atomic E-state index is 0.0296. The molecule has 7 heteroatoms. The SMILES string of the molecule is CN(Cc1ccccc1F)C(=O)CN1CCOC(c2nccs2)C1. The second kappa shape index (κ2) is 7.83. The molecule has 1 aliphatic rings. The molecule has 0 bridgehead atoms. The standard InChI is InChI=1S/C17H20FN3O2S/c1-20(10-13-4-2-3-5-14(13)18)16(22)12-21-7-8-23-15(11-21)17-19-6-9-24-17/h2-6,9,15H,7-8,10-12H2,1H3. The number of rotatable bonds is 5. The van der Waals surface area contributed by atoms with Crippen molar-refractivity contribution in [2.75, 3.05) is 33.3 Å². The maximum atomic E-state index is 13.7. The number of hydrogen-bond donors (Lipinski definition) is 0. The fourth-order valence-corrected chi connectivity index (χ4v) is 3.35. The van der Waals surface area contributed by atoms with Gasteiger partial charge in [0, 0.05) is 43.8 Å². The van der Waals surface area contributed by atoms with Crippen LogP contribution in [0.15, 0.2) is 35.8 Å². The summed E-state index contributed by atoms with van der Waals surface area (Å²) in [4.78, 5) is 20.3. The van der Waals surface area contributed by atoms with Gasteiger partial charge in [0.1, 0.15) is 16.9 Å². The zero-order valence-electron chi connectivity index (χ0n) is 13.5. The molecule has 5 nitrogen and oxygen atoms in total. The number of nitrogens with zero attached hydrogens (tertiary/aromatic N) is 3. The first-order valence-corrected chi connectivity index (χ1v) is 8.72. The van der Waals surface area contributed by atoms with Crippen molar-refractivity contribution < 1.29 is 13.9 Å². The van der Waals surface area contributed by atoms with Crippen molar-refractivity contribution >= 4 is 17.2 Å². The molecule has 24 heavy (non-hydrogen) atoms. The van der Waals surface area contributed by atoms with Crippen LogP contribution in [0, 0.1) is 5.82 Å². The molecule has 1 saturated heterocycles. The molecule has 0 N–H and O–H groups in total. The maximum absolute atomic E-state index is 13.7. The van der Waals surface area contributed by atoms with Gasteiger partial charge in [-0.25, -0.2) is 9.37 Å². The number of thiazole rings is 1. The Balaban J connectivity index is 1.55. The number of aromatic nitrogens is 1. The van der Waals surface area contributed by atoms with Gasteiger partial charge in [-0.05, 0) is 6.07 Å². The normalized spacial score (nSPS) is 18.5. The number of carbonyl (C=O) groups is 1. The summed E-state index contributed by atoms with van der Waals surface area (Å²) < 4.78 is 19.4. The summed E-state index contributed by atoms with van der Waals surface area (Å²) in [5.41, 5.74) is 0.524. The molecule has 1 atom stereocenters. The van der Waals surface area contributed by atoms with E-state index in [-0.39, 0.29) is 24.4 Å². The maximum Gasteiger partial charge on any atom is 0.236 e. The first-order chi connectivity index (χ1) is 11.6. The molecule has 1 fully saturated rings. The Kier molecular flexibility index (Phi) is 5.55. The Morgan fingerprint density at radius 2 is 2.33 bits per heavy atom. The number of halogens is 1. The third-order valence-electron chi connectivity index (χ3n) is 4.03. The highest BCUT2D eigenvalue weighted by Gasteiger charge is 2.26. The van der Waals surface area contributed by atoms with E-state index in [1.807, 2.05) is 5.38 Å². The van der Waals surface area contributed by atoms with E-state index >= 15 is 0 Å². The van der Waals surface area contributed by atoms with E-state index in [0.717, 1.165) is 5.01 Å². The average Bonchev–Trinajstić information content (AvgIpc) is 3.12. The number of likely N-dealkylation sites (N-methyl/N-ethyl adjacent to an activating group) is 1. The van der Waals surface area contributed by atoms with Crippen LogP contribution in [0.2, 0.25) is 0 Å². The van der Waals surface area contributed by atoms with Crippen molar-refractivity contribution in [1.82, 2.24) is 14.8 Å². The van der Waals surface area contributed by atoms with E-state index < -0.39 is 0 Å². The summed E-state index contributed by atoms with van der Waals surface area (Å²) in [6.45, 7) is 2.50. The third-order valence-corrected chi connectivity index (χ3v) is 4.89. The molecule has 128 valence electrons. The smallest absolute Gasteiger partial charge is 0.236 e. The monoisotopic (exact) mass is 349 g/mol. The molecule has 2 aromatic rings. The Morgan fingerprint density at radius 3 is 3.08 bits per heavy atom. The lowest BCUT2D eigenvalue weighted by molar-refractivity contribution is -0.133. The van der Waals surface area contributed by atoms with Crippen molar-refractivity contribution in [2.45, 2.75) is 12.6 Å². The van der Waals surface area contributed by atoms with Crippen molar-refractivity contribution in [3.05, 3.63) is 52.2 Å². The van der Waals surface area contributed by atoms with E-state index in [2.05, 4.69) is 9.88 Å². The number of benzene rings is 1. The molecule has 0 spiro atoms. The highest BCUT2D eigenvalue weighted by molar-refractivity contribution is 7.09. The summed E-state index contributed by atoms with van der Waals surface area (Å²) in [7, 11) is 1.70. The highest BCUT2D eigenvalue weighted by Crippen LogP contribution is 2.23. The van der Waals surface area contributed by atoms with Gasteiger partial charge in [-0.3, -0.25) is 9.69 Å². The van der Waals surface area contributed by atoms with Crippen LogP contribution in [0.4, 0.5) is 4.39 Å². The van der Waals surface area contributed by atoms with Gasteiger partial charge in [0.2, 0.25) is 5.91 Å². The van der Waals surface area contributed by atoms with Crippen LogP contribution in [0.1, 0.15) is 16.7 Å². The zero-order chi connectivity index (χ0) is 16.9. The van der Waals surface area contributed by atoms with Crippen molar-refractivity contribution in [1.29, 1.82) is 0 Å². The highest BCUT2D eigenvalue weighted by atomic mass is 32.1. The predicted molar refractivity (Wildman–Crippen MR) is 90.1 cm³/mol. The van der Waals surface area contributed by atoms with Crippen molar-refractivity contribution in [3.63, 3.8) is 0 Å². The lowest BCUT2D eigenvalue weighted by Crippen LogP contribution is -2.44. The van der Waals surface area contributed by atoms with Crippen LogP contribution in [0.25, 0.3) is 0 Å². The van der Waals surface area contributed by atoms with Crippen LogP contribution >= 0.6 is 11.3 Å². The Hall–Kier alpha value is -1.83. The first kappa shape index (κ1) is 17.0.